The molecule has 1 N–H and O–H groups in total. The highest BCUT2D eigenvalue weighted by Gasteiger charge is 2.27. The lowest BCUT2D eigenvalue weighted by molar-refractivity contribution is 0.0969. The van der Waals surface area contributed by atoms with Gasteiger partial charge in [0.05, 0.1) is 0 Å². The second-order valence-corrected chi connectivity index (χ2v) is 5.95. The zero-order valence-corrected chi connectivity index (χ0v) is 11.0. The van der Waals surface area contributed by atoms with Crippen LogP contribution >= 0.6 is 0 Å². The van der Waals surface area contributed by atoms with E-state index in [0.29, 0.717) is 0 Å². The van der Waals surface area contributed by atoms with Crippen molar-refractivity contribution in [2.45, 2.75) is 51.5 Å². The van der Waals surface area contributed by atoms with E-state index < -0.39 is 0 Å². The Morgan fingerprint density at radius 3 is 2.19 bits per heavy atom. The van der Waals surface area contributed by atoms with Gasteiger partial charge in [-0.05, 0) is 77.0 Å². The molecule has 2 fully saturated rings. The Morgan fingerprint density at radius 1 is 1.00 bits per heavy atom. The number of nitrogens with zero attached hydrogens (tertiary/aromatic N) is 1. The minimum Gasteiger partial charge on any atom is -0.319 e. The van der Waals surface area contributed by atoms with Gasteiger partial charge in [0.1, 0.15) is 0 Å². The summed E-state index contributed by atoms with van der Waals surface area (Å²) in [5.41, 5.74) is 0. The predicted octanol–water partition coefficient (Wildman–Crippen LogP) is 2.50. The quantitative estimate of drug-likeness (QED) is 0.792. The van der Waals surface area contributed by atoms with Crippen LogP contribution in [0.5, 0.6) is 0 Å². The van der Waals surface area contributed by atoms with E-state index in [1.807, 2.05) is 0 Å². The number of hydrogen-bond acceptors (Lipinski definition) is 2. The molecular weight excluding hydrogens is 196 g/mol. The molecule has 0 aromatic heterocycles. The van der Waals surface area contributed by atoms with Gasteiger partial charge in [-0.3, -0.25) is 0 Å². The van der Waals surface area contributed by atoms with Gasteiger partial charge >= 0.3 is 0 Å². The maximum atomic E-state index is 3.32. The van der Waals surface area contributed by atoms with Crippen LogP contribution in [-0.2, 0) is 0 Å². The highest BCUT2D eigenvalue weighted by atomic mass is 15.2. The van der Waals surface area contributed by atoms with Crippen molar-refractivity contribution in [2.24, 2.45) is 11.8 Å². The van der Waals surface area contributed by atoms with Gasteiger partial charge in [0, 0.05) is 6.04 Å². The molecule has 2 aliphatic rings. The first-order valence-electron chi connectivity index (χ1n) is 7.18. The van der Waals surface area contributed by atoms with E-state index in [2.05, 4.69) is 24.2 Å². The van der Waals surface area contributed by atoms with Gasteiger partial charge in [-0.15, -0.1) is 0 Å². The van der Waals surface area contributed by atoms with Crippen molar-refractivity contribution in [1.29, 1.82) is 0 Å². The molecule has 94 valence electrons. The van der Waals surface area contributed by atoms with Crippen molar-refractivity contribution < 1.29 is 0 Å². The second kappa shape index (κ2) is 6.02. The van der Waals surface area contributed by atoms with Gasteiger partial charge in [-0.2, -0.15) is 0 Å². The summed E-state index contributed by atoms with van der Waals surface area (Å²) in [7, 11) is 2.08. The average Bonchev–Trinajstić information content (AvgIpc) is 2.32. The lowest BCUT2D eigenvalue weighted by Crippen LogP contribution is -2.44. The Balaban J connectivity index is 1.72. The molecule has 1 saturated carbocycles. The van der Waals surface area contributed by atoms with Gasteiger partial charge in [-0.1, -0.05) is 6.92 Å². The van der Waals surface area contributed by atoms with E-state index in [1.54, 1.807) is 0 Å². The number of rotatable bonds is 3. The Labute approximate surface area is 101 Å². The molecule has 0 bridgehead atoms. The minimum atomic E-state index is 0.923. The normalized spacial score (nSPS) is 34.1. The van der Waals surface area contributed by atoms with E-state index >= 15 is 0 Å². The lowest BCUT2D eigenvalue weighted by atomic mass is 9.85. The Hall–Kier alpha value is -0.0800. The molecule has 0 unspecified atom stereocenters. The van der Waals surface area contributed by atoms with Crippen molar-refractivity contribution >= 4 is 0 Å². The number of likely N-dealkylation sites (tertiary alicyclic amines) is 1. The molecule has 1 aliphatic heterocycles. The van der Waals surface area contributed by atoms with Crippen molar-refractivity contribution in [3.05, 3.63) is 0 Å². The molecule has 0 atom stereocenters. The molecule has 0 radical (unpaired) electrons. The molecule has 0 spiro atoms. The van der Waals surface area contributed by atoms with E-state index in [9.17, 15) is 0 Å². The van der Waals surface area contributed by atoms with Gasteiger partial charge < -0.3 is 10.2 Å². The molecule has 1 saturated heterocycles. The highest BCUT2D eigenvalue weighted by Crippen LogP contribution is 2.29. The van der Waals surface area contributed by atoms with Gasteiger partial charge in [0.15, 0.2) is 0 Å². The van der Waals surface area contributed by atoms with Crippen molar-refractivity contribution in [3.63, 3.8) is 0 Å². The monoisotopic (exact) mass is 224 g/mol. The fourth-order valence-electron chi connectivity index (χ4n) is 3.42. The van der Waals surface area contributed by atoms with Gasteiger partial charge in [0.2, 0.25) is 0 Å². The van der Waals surface area contributed by atoms with Gasteiger partial charge in [0.25, 0.3) is 0 Å². The highest BCUT2D eigenvalue weighted by molar-refractivity contribution is 4.82. The summed E-state index contributed by atoms with van der Waals surface area (Å²) < 4.78 is 0. The zero-order chi connectivity index (χ0) is 11.4. The van der Waals surface area contributed by atoms with E-state index in [0.717, 1.165) is 17.9 Å². The molecule has 2 rings (SSSR count). The van der Waals surface area contributed by atoms with Crippen LogP contribution < -0.4 is 5.32 Å². The topological polar surface area (TPSA) is 15.3 Å². The Bertz CT molecular complexity index is 189. The first-order chi connectivity index (χ1) is 7.79. The van der Waals surface area contributed by atoms with Crippen LogP contribution in [0, 0.1) is 11.8 Å². The standard InChI is InChI=1S/C14H28N2/c1-12-3-5-14(6-4-12)16-9-7-13(8-10-16)11-15-2/h12-15H,3-11H2,1-2H3. The summed E-state index contributed by atoms with van der Waals surface area (Å²) in [6.07, 6.45) is 8.65. The van der Waals surface area contributed by atoms with E-state index in [1.165, 1.54) is 58.2 Å². The average molecular weight is 224 g/mol. The number of piperidine rings is 1. The van der Waals surface area contributed by atoms with Crippen LogP contribution in [0.4, 0.5) is 0 Å². The third-order valence-corrected chi connectivity index (χ3v) is 4.64. The smallest absolute Gasteiger partial charge is 0.00954 e. The summed E-state index contributed by atoms with van der Waals surface area (Å²) in [5.74, 6) is 1.92. The molecular formula is C14H28N2. The van der Waals surface area contributed by atoms with Crippen LogP contribution in [0.25, 0.3) is 0 Å². The third-order valence-electron chi connectivity index (χ3n) is 4.64. The van der Waals surface area contributed by atoms with Gasteiger partial charge in [-0.25, -0.2) is 0 Å². The van der Waals surface area contributed by atoms with Crippen LogP contribution in [0.1, 0.15) is 45.4 Å². The lowest BCUT2D eigenvalue weighted by Gasteiger charge is -2.40. The summed E-state index contributed by atoms with van der Waals surface area (Å²) in [5, 5.41) is 3.32. The summed E-state index contributed by atoms with van der Waals surface area (Å²) in [6, 6.07) is 0.923. The fourth-order valence-corrected chi connectivity index (χ4v) is 3.42. The summed E-state index contributed by atoms with van der Waals surface area (Å²) >= 11 is 0. The first-order valence-corrected chi connectivity index (χ1v) is 7.18. The third kappa shape index (κ3) is 3.21. The SMILES string of the molecule is CNCC1CCN(C2CCC(C)CC2)CC1. The van der Waals surface area contributed by atoms with Crippen molar-refractivity contribution in [2.75, 3.05) is 26.7 Å². The second-order valence-electron chi connectivity index (χ2n) is 5.95. The Morgan fingerprint density at radius 2 is 1.62 bits per heavy atom. The Kier molecular flexibility index (Phi) is 4.66. The molecule has 0 aromatic rings. The summed E-state index contributed by atoms with van der Waals surface area (Å²) in [6.45, 7) is 6.34. The van der Waals surface area contributed by atoms with Crippen LogP contribution in [0.15, 0.2) is 0 Å². The first kappa shape index (κ1) is 12.4. The van der Waals surface area contributed by atoms with E-state index in [4.69, 9.17) is 0 Å². The fraction of sp³-hybridized carbons (Fsp3) is 1.00. The maximum absolute atomic E-state index is 3.32. The molecule has 0 amide bonds. The number of nitrogens with one attached hydrogen (secondary N) is 1. The summed E-state index contributed by atoms with van der Waals surface area (Å²) in [4.78, 5) is 2.78. The number of hydrogen-bond donors (Lipinski definition) is 1. The molecule has 16 heavy (non-hydrogen) atoms. The molecule has 0 aromatic carbocycles. The minimum absolute atomic E-state index is 0.923. The van der Waals surface area contributed by atoms with Crippen LogP contribution in [0.3, 0.4) is 0 Å². The zero-order valence-electron chi connectivity index (χ0n) is 11.0. The molecule has 1 aliphatic carbocycles. The molecule has 2 nitrogen and oxygen atoms in total. The largest absolute Gasteiger partial charge is 0.319 e. The van der Waals surface area contributed by atoms with Crippen molar-refractivity contribution in [1.82, 2.24) is 10.2 Å². The predicted molar refractivity (Wildman–Crippen MR) is 69.6 cm³/mol. The molecule has 1 heterocycles. The molecule has 2 heteroatoms. The van der Waals surface area contributed by atoms with E-state index in [-0.39, 0.29) is 0 Å². The van der Waals surface area contributed by atoms with Crippen LogP contribution in [0.2, 0.25) is 0 Å². The van der Waals surface area contributed by atoms with Crippen LogP contribution in [-0.4, -0.2) is 37.6 Å². The maximum Gasteiger partial charge on any atom is 0.00954 e. The van der Waals surface area contributed by atoms with Crippen molar-refractivity contribution in [3.8, 4) is 0 Å².